The second-order valence-corrected chi connectivity index (χ2v) is 12.3. The Bertz CT molecular complexity index is 793. The van der Waals surface area contributed by atoms with Gasteiger partial charge in [0.25, 0.3) is 0 Å². The zero-order valence-electron chi connectivity index (χ0n) is 19.4. The molecule has 4 fully saturated rings. The molecule has 0 aromatic heterocycles. The fourth-order valence-electron chi connectivity index (χ4n) is 8.98. The van der Waals surface area contributed by atoms with Crippen LogP contribution in [-0.2, 0) is 4.74 Å². The Hall–Kier alpha value is -0.640. The van der Waals surface area contributed by atoms with E-state index in [0.717, 1.165) is 50.0 Å². The molecule has 2 N–H and O–H groups in total. The van der Waals surface area contributed by atoms with E-state index in [-0.39, 0.29) is 17.2 Å². The maximum atomic E-state index is 10.2. The Morgan fingerprint density at radius 3 is 2.70 bits per heavy atom. The van der Waals surface area contributed by atoms with E-state index in [2.05, 4.69) is 45.2 Å². The minimum Gasteiger partial charge on any atom is -0.393 e. The predicted molar refractivity (Wildman–Crippen MR) is 120 cm³/mol. The number of rotatable bonds is 0. The minimum absolute atomic E-state index is 0.0975. The van der Waals surface area contributed by atoms with Gasteiger partial charge in [-0.15, -0.1) is 0 Å². The normalized spacial score (nSPS) is 57.2. The summed E-state index contributed by atoms with van der Waals surface area (Å²) in [6, 6.07) is 0. The number of aliphatic hydroxyl groups excluding tert-OH is 1. The molecule has 2 aliphatic heterocycles. The number of allylic oxidation sites excluding steroid dienone is 2. The van der Waals surface area contributed by atoms with Crippen molar-refractivity contribution < 1.29 is 9.84 Å². The van der Waals surface area contributed by atoms with Crippen LogP contribution in [0.2, 0.25) is 0 Å². The van der Waals surface area contributed by atoms with E-state index in [4.69, 9.17) is 4.74 Å². The predicted octanol–water partition coefficient (Wildman–Crippen LogP) is 5.21. The van der Waals surface area contributed by atoms with Crippen molar-refractivity contribution in [3.8, 4) is 0 Å². The second-order valence-electron chi connectivity index (χ2n) is 12.3. The Labute approximate surface area is 182 Å². The molecule has 2 saturated heterocycles. The molecule has 0 aromatic carbocycles. The van der Waals surface area contributed by atoms with Crippen molar-refractivity contribution >= 4 is 0 Å². The molecular formula is C27H41NO2. The highest BCUT2D eigenvalue weighted by Gasteiger charge is 2.67. The van der Waals surface area contributed by atoms with Gasteiger partial charge in [-0.25, -0.2) is 0 Å². The molecule has 166 valence electrons. The first-order valence-corrected chi connectivity index (χ1v) is 12.8. The molecule has 4 aliphatic carbocycles. The molecule has 0 bridgehead atoms. The van der Waals surface area contributed by atoms with Crippen molar-refractivity contribution in [2.75, 3.05) is 6.54 Å². The van der Waals surface area contributed by atoms with Crippen LogP contribution < -0.4 is 5.32 Å². The Kier molecular flexibility index (Phi) is 4.30. The fourth-order valence-corrected chi connectivity index (χ4v) is 8.98. The lowest BCUT2D eigenvalue weighted by Crippen LogP contribution is -2.56. The number of nitrogens with one attached hydrogen (secondary N) is 1. The van der Waals surface area contributed by atoms with Crippen molar-refractivity contribution in [3.05, 3.63) is 23.3 Å². The van der Waals surface area contributed by atoms with Gasteiger partial charge in [-0.05, 0) is 80.5 Å². The van der Waals surface area contributed by atoms with Crippen LogP contribution in [0.15, 0.2) is 23.3 Å². The third-order valence-corrected chi connectivity index (χ3v) is 11.1. The van der Waals surface area contributed by atoms with Gasteiger partial charge in [0, 0.05) is 17.9 Å². The van der Waals surface area contributed by atoms with Crippen molar-refractivity contribution in [1.82, 2.24) is 5.32 Å². The summed E-state index contributed by atoms with van der Waals surface area (Å²) in [5.41, 5.74) is 3.70. The number of fused-ring (bicyclic) bond motifs is 7. The highest BCUT2D eigenvalue weighted by atomic mass is 16.5. The first-order valence-electron chi connectivity index (χ1n) is 12.8. The summed E-state index contributed by atoms with van der Waals surface area (Å²) in [6.45, 7) is 11.0. The molecule has 3 heteroatoms. The van der Waals surface area contributed by atoms with E-state index < -0.39 is 0 Å². The molecule has 2 heterocycles. The van der Waals surface area contributed by atoms with Crippen LogP contribution in [0, 0.1) is 40.4 Å². The lowest BCUT2D eigenvalue weighted by Gasteiger charge is -2.54. The third-order valence-electron chi connectivity index (χ3n) is 11.1. The third kappa shape index (κ3) is 2.43. The van der Waals surface area contributed by atoms with E-state index >= 15 is 0 Å². The Morgan fingerprint density at radius 2 is 1.93 bits per heavy atom. The number of aliphatic hydroxyl groups is 1. The van der Waals surface area contributed by atoms with Gasteiger partial charge in [-0.2, -0.15) is 0 Å². The monoisotopic (exact) mass is 411 g/mol. The average Bonchev–Trinajstić information content (AvgIpc) is 3.12. The summed E-state index contributed by atoms with van der Waals surface area (Å²) in [5, 5.41) is 14.1. The largest absolute Gasteiger partial charge is 0.393 e. The van der Waals surface area contributed by atoms with Gasteiger partial charge < -0.3 is 9.84 Å². The minimum atomic E-state index is -0.114. The lowest BCUT2D eigenvalue weighted by molar-refractivity contribution is -0.107. The van der Waals surface area contributed by atoms with E-state index in [9.17, 15) is 5.11 Å². The molecule has 1 spiro atoms. The van der Waals surface area contributed by atoms with Gasteiger partial charge in [0.2, 0.25) is 0 Å². The van der Waals surface area contributed by atoms with Crippen LogP contribution in [0.4, 0.5) is 0 Å². The maximum Gasteiger partial charge on any atom is 0.123 e. The molecule has 0 amide bonds. The molecule has 6 aliphatic rings. The fraction of sp³-hybridized carbons (Fsp3) is 0.852. The van der Waals surface area contributed by atoms with E-state index in [1.807, 2.05) is 0 Å². The number of ether oxygens (including phenoxy) is 1. The summed E-state index contributed by atoms with van der Waals surface area (Å²) in [7, 11) is 0. The average molecular weight is 412 g/mol. The van der Waals surface area contributed by atoms with Gasteiger partial charge in [0.05, 0.1) is 12.2 Å². The molecule has 0 unspecified atom stereocenters. The van der Waals surface area contributed by atoms with E-state index in [1.165, 1.54) is 25.7 Å². The smallest absolute Gasteiger partial charge is 0.123 e. The standard InChI is InChI=1S/C27H41NO2/c1-16-9-12-27(28-15-16)17(2)26(4)23-8-7-22-20(21(23)14-24(26)30-27)6-5-18-13-19(29)10-11-25(18,22)3/h5,8,16-17,19-22,24,28-29H,6-7,9-15H2,1-4H3/t16-,17+,19+,20+,21+,22+,24-,25+,26+,27+/m1/s1. The number of hydrogen-bond acceptors (Lipinski definition) is 3. The SMILES string of the molecule is C[C@@H]1CC[C@]2(NC1)O[C@@H]1C[C@@H]3C(=CC[C@H]4[C@H]3CC=C3C[C@@H](O)CC[C@@]34C)[C@]1(C)[C@@H]2C. The van der Waals surface area contributed by atoms with Crippen LogP contribution in [0.1, 0.15) is 79.1 Å². The van der Waals surface area contributed by atoms with Crippen LogP contribution in [0.5, 0.6) is 0 Å². The van der Waals surface area contributed by atoms with Crippen LogP contribution in [-0.4, -0.2) is 29.6 Å². The van der Waals surface area contributed by atoms with Gasteiger partial charge in [-0.1, -0.05) is 51.0 Å². The molecule has 30 heavy (non-hydrogen) atoms. The van der Waals surface area contributed by atoms with Gasteiger partial charge >= 0.3 is 0 Å². The molecule has 0 radical (unpaired) electrons. The lowest BCUT2D eigenvalue weighted by atomic mass is 9.51. The van der Waals surface area contributed by atoms with Gasteiger partial charge in [0.15, 0.2) is 0 Å². The van der Waals surface area contributed by atoms with Gasteiger partial charge in [0.1, 0.15) is 5.72 Å². The van der Waals surface area contributed by atoms with E-state index in [1.54, 1.807) is 11.1 Å². The van der Waals surface area contributed by atoms with Crippen LogP contribution >= 0.6 is 0 Å². The first-order chi connectivity index (χ1) is 14.3. The molecule has 3 nitrogen and oxygen atoms in total. The number of piperidine rings is 1. The topological polar surface area (TPSA) is 41.5 Å². The van der Waals surface area contributed by atoms with Crippen molar-refractivity contribution in [2.45, 2.75) is 97.0 Å². The first kappa shape index (κ1) is 20.0. The Morgan fingerprint density at radius 1 is 1.10 bits per heavy atom. The van der Waals surface area contributed by atoms with Gasteiger partial charge in [-0.3, -0.25) is 5.32 Å². The highest BCUT2D eigenvalue weighted by Crippen LogP contribution is 2.68. The van der Waals surface area contributed by atoms with Crippen LogP contribution in [0.25, 0.3) is 0 Å². The van der Waals surface area contributed by atoms with E-state index in [0.29, 0.717) is 23.4 Å². The Balaban J connectivity index is 1.31. The van der Waals surface area contributed by atoms with Crippen molar-refractivity contribution in [1.29, 1.82) is 0 Å². The van der Waals surface area contributed by atoms with Crippen LogP contribution in [0.3, 0.4) is 0 Å². The molecule has 0 aromatic rings. The molecule has 10 atom stereocenters. The highest BCUT2D eigenvalue weighted by molar-refractivity contribution is 5.36. The maximum absolute atomic E-state index is 10.2. The molecule has 6 rings (SSSR count). The summed E-state index contributed by atoms with van der Waals surface area (Å²) >= 11 is 0. The summed E-state index contributed by atoms with van der Waals surface area (Å²) in [6.07, 6.45) is 14.6. The van der Waals surface area contributed by atoms with Crippen molar-refractivity contribution in [2.24, 2.45) is 40.4 Å². The summed E-state index contributed by atoms with van der Waals surface area (Å²) in [4.78, 5) is 0. The second kappa shape index (κ2) is 6.45. The van der Waals surface area contributed by atoms with Crippen molar-refractivity contribution in [3.63, 3.8) is 0 Å². The summed E-state index contributed by atoms with van der Waals surface area (Å²) in [5.74, 6) is 3.51. The zero-order valence-corrected chi connectivity index (χ0v) is 19.4. The number of hydrogen-bond donors (Lipinski definition) is 2. The quantitative estimate of drug-likeness (QED) is 0.538. The summed E-state index contributed by atoms with van der Waals surface area (Å²) < 4.78 is 6.99. The molecule has 2 saturated carbocycles. The molecular weight excluding hydrogens is 370 g/mol. The zero-order chi connectivity index (χ0) is 20.9.